The minimum Gasteiger partial charge on any atom is -0.398 e. The van der Waals surface area contributed by atoms with Crippen LogP contribution in [-0.4, -0.2) is 49.6 Å². The van der Waals surface area contributed by atoms with Crippen LogP contribution in [0.25, 0.3) is 0 Å². The summed E-state index contributed by atoms with van der Waals surface area (Å²) >= 11 is 3.59. The SMILES string of the molecule is CC1(C)OB(c2cc(N3CCOCC3)c(Br)cn2)OC1(C)C. The van der Waals surface area contributed by atoms with Gasteiger partial charge in [-0.05, 0) is 49.7 Å². The molecule has 0 spiro atoms. The Morgan fingerprint density at radius 2 is 1.73 bits per heavy atom. The summed E-state index contributed by atoms with van der Waals surface area (Å²) < 4.78 is 18.6. The van der Waals surface area contributed by atoms with Crippen molar-refractivity contribution >= 4 is 34.3 Å². The third-order valence-corrected chi connectivity index (χ3v) is 5.31. The molecule has 0 N–H and O–H groups in total. The van der Waals surface area contributed by atoms with Gasteiger partial charge in [0.25, 0.3) is 0 Å². The van der Waals surface area contributed by atoms with Crippen LogP contribution in [0.3, 0.4) is 0 Å². The van der Waals surface area contributed by atoms with Crippen molar-refractivity contribution in [2.24, 2.45) is 0 Å². The van der Waals surface area contributed by atoms with Crippen molar-refractivity contribution < 1.29 is 14.0 Å². The molecule has 3 rings (SSSR count). The lowest BCUT2D eigenvalue weighted by molar-refractivity contribution is 0.00578. The van der Waals surface area contributed by atoms with Gasteiger partial charge in [0.1, 0.15) is 0 Å². The number of pyridine rings is 1. The Kier molecular flexibility index (Phi) is 4.27. The normalized spacial score (nSPS) is 23.9. The van der Waals surface area contributed by atoms with Gasteiger partial charge in [0.2, 0.25) is 0 Å². The van der Waals surface area contributed by atoms with Gasteiger partial charge < -0.3 is 18.9 Å². The molecule has 0 saturated carbocycles. The number of hydrogen-bond donors (Lipinski definition) is 0. The smallest absolute Gasteiger partial charge is 0.398 e. The van der Waals surface area contributed by atoms with E-state index in [1.807, 2.05) is 6.20 Å². The Labute approximate surface area is 140 Å². The van der Waals surface area contributed by atoms with Crippen LogP contribution in [-0.2, 0) is 14.0 Å². The summed E-state index contributed by atoms with van der Waals surface area (Å²) in [6.07, 6.45) is 1.82. The van der Waals surface area contributed by atoms with Crippen molar-refractivity contribution in [1.82, 2.24) is 4.98 Å². The minimum absolute atomic E-state index is 0.356. The Morgan fingerprint density at radius 1 is 1.14 bits per heavy atom. The molecule has 0 unspecified atom stereocenters. The molecule has 0 radical (unpaired) electrons. The van der Waals surface area contributed by atoms with Gasteiger partial charge >= 0.3 is 7.12 Å². The number of halogens is 1. The molecule has 5 nitrogen and oxygen atoms in total. The van der Waals surface area contributed by atoms with Crippen molar-refractivity contribution in [3.63, 3.8) is 0 Å². The monoisotopic (exact) mass is 368 g/mol. The highest BCUT2D eigenvalue weighted by Crippen LogP contribution is 2.36. The molecule has 1 aromatic heterocycles. The van der Waals surface area contributed by atoms with Crippen molar-refractivity contribution in [3.8, 4) is 0 Å². The van der Waals surface area contributed by atoms with Crippen LogP contribution in [0.5, 0.6) is 0 Å². The molecule has 0 bridgehead atoms. The van der Waals surface area contributed by atoms with E-state index in [4.69, 9.17) is 14.0 Å². The van der Waals surface area contributed by atoms with Crippen LogP contribution in [0.2, 0.25) is 0 Å². The van der Waals surface area contributed by atoms with Gasteiger partial charge in [0.05, 0.1) is 40.2 Å². The fourth-order valence-electron chi connectivity index (χ4n) is 2.58. The molecule has 2 aliphatic heterocycles. The van der Waals surface area contributed by atoms with Crippen molar-refractivity contribution in [2.45, 2.75) is 38.9 Å². The second-order valence-electron chi connectivity index (χ2n) is 6.75. The lowest BCUT2D eigenvalue weighted by Gasteiger charge is -2.32. The van der Waals surface area contributed by atoms with Gasteiger partial charge in [-0.1, -0.05) is 0 Å². The predicted molar refractivity (Wildman–Crippen MR) is 90.7 cm³/mol. The zero-order chi connectivity index (χ0) is 16.0. The third kappa shape index (κ3) is 2.91. The minimum atomic E-state index is -0.433. The first-order valence-electron chi connectivity index (χ1n) is 7.64. The maximum Gasteiger partial charge on any atom is 0.514 e. The van der Waals surface area contributed by atoms with Gasteiger partial charge in [-0.15, -0.1) is 0 Å². The van der Waals surface area contributed by atoms with E-state index < -0.39 is 7.12 Å². The average Bonchev–Trinajstić information content (AvgIpc) is 2.69. The van der Waals surface area contributed by atoms with E-state index in [2.05, 4.69) is 59.6 Å². The van der Waals surface area contributed by atoms with Crippen LogP contribution in [0.1, 0.15) is 27.7 Å². The second-order valence-corrected chi connectivity index (χ2v) is 7.60. The number of aromatic nitrogens is 1. The Balaban J connectivity index is 1.87. The Morgan fingerprint density at radius 3 is 2.32 bits per heavy atom. The molecular weight excluding hydrogens is 347 g/mol. The molecule has 0 aromatic carbocycles. The standard InChI is InChI=1S/C15H22BBrN2O3/c1-14(2)15(3,4)22-16(21-14)13-9-12(11(17)10-18-13)19-5-7-20-8-6-19/h9-10H,5-8H2,1-4H3. The van der Waals surface area contributed by atoms with E-state index in [9.17, 15) is 0 Å². The van der Waals surface area contributed by atoms with E-state index in [0.29, 0.717) is 0 Å². The molecule has 3 heterocycles. The van der Waals surface area contributed by atoms with E-state index in [1.54, 1.807) is 0 Å². The maximum atomic E-state index is 6.09. The van der Waals surface area contributed by atoms with E-state index in [1.165, 1.54) is 0 Å². The largest absolute Gasteiger partial charge is 0.514 e. The molecule has 2 aliphatic rings. The summed E-state index contributed by atoms with van der Waals surface area (Å²) in [6, 6.07) is 2.05. The number of morpholine rings is 1. The predicted octanol–water partition coefficient (Wildman–Crippen LogP) is 1.98. The van der Waals surface area contributed by atoms with Crippen molar-refractivity contribution in [2.75, 3.05) is 31.2 Å². The number of rotatable bonds is 2. The third-order valence-electron chi connectivity index (χ3n) is 4.70. The van der Waals surface area contributed by atoms with Crippen molar-refractivity contribution in [1.29, 1.82) is 0 Å². The first-order valence-corrected chi connectivity index (χ1v) is 8.43. The molecule has 7 heteroatoms. The Hall–Kier alpha value is -0.625. The molecule has 1 aromatic rings. The van der Waals surface area contributed by atoms with Crippen molar-refractivity contribution in [3.05, 3.63) is 16.7 Å². The summed E-state index contributed by atoms with van der Waals surface area (Å²) in [5.74, 6) is 0. The average molecular weight is 369 g/mol. The van der Waals surface area contributed by atoms with Gasteiger partial charge in [-0.2, -0.15) is 0 Å². The number of anilines is 1. The quantitative estimate of drug-likeness (QED) is 0.747. The van der Waals surface area contributed by atoms with E-state index in [-0.39, 0.29) is 11.2 Å². The van der Waals surface area contributed by atoms with Crippen LogP contribution >= 0.6 is 15.9 Å². The molecule has 2 saturated heterocycles. The maximum absolute atomic E-state index is 6.09. The van der Waals surface area contributed by atoms with Gasteiger partial charge in [0, 0.05) is 19.3 Å². The number of ether oxygens (including phenoxy) is 1. The van der Waals surface area contributed by atoms with Crippen LogP contribution < -0.4 is 10.5 Å². The summed E-state index contributed by atoms with van der Waals surface area (Å²) in [5.41, 5.74) is 1.21. The number of nitrogens with zero attached hydrogens (tertiary/aromatic N) is 2. The fourth-order valence-corrected chi connectivity index (χ4v) is 3.05. The summed E-state index contributed by atoms with van der Waals surface area (Å²) in [4.78, 5) is 6.79. The molecular formula is C15H22BBrN2O3. The first kappa shape index (κ1) is 16.2. The van der Waals surface area contributed by atoms with E-state index in [0.717, 1.165) is 42.1 Å². The highest BCUT2D eigenvalue weighted by molar-refractivity contribution is 9.10. The van der Waals surface area contributed by atoms with Crippen LogP contribution in [0.4, 0.5) is 5.69 Å². The summed E-state index contributed by atoms with van der Waals surface area (Å²) in [6.45, 7) is 11.5. The fraction of sp³-hybridized carbons (Fsp3) is 0.667. The first-order chi connectivity index (χ1) is 10.3. The molecule has 0 atom stereocenters. The number of hydrogen-bond acceptors (Lipinski definition) is 5. The molecule has 0 amide bonds. The second kappa shape index (κ2) is 5.78. The zero-order valence-corrected chi connectivity index (χ0v) is 15.1. The molecule has 2 fully saturated rings. The topological polar surface area (TPSA) is 43.8 Å². The molecule has 0 aliphatic carbocycles. The summed E-state index contributed by atoms with van der Waals surface area (Å²) in [7, 11) is -0.433. The molecule has 22 heavy (non-hydrogen) atoms. The Bertz CT molecular complexity index is 546. The lowest BCUT2D eigenvalue weighted by Crippen LogP contribution is -2.41. The zero-order valence-electron chi connectivity index (χ0n) is 13.6. The van der Waals surface area contributed by atoms with Gasteiger partial charge in [-0.3, -0.25) is 4.98 Å². The van der Waals surface area contributed by atoms with Gasteiger partial charge in [0.15, 0.2) is 0 Å². The highest BCUT2D eigenvalue weighted by Gasteiger charge is 2.52. The van der Waals surface area contributed by atoms with E-state index >= 15 is 0 Å². The lowest BCUT2D eigenvalue weighted by atomic mass is 9.84. The van der Waals surface area contributed by atoms with Gasteiger partial charge in [-0.25, -0.2) is 0 Å². The molecule has 120 valence electrons. The summed E-state index contributed by atoms with van der Waals surface area (Å²) in [5, 5.41) is 0. The highest BCUT2D eigenvalue weighted by atomic mass is 79.9. The van der Waals surface area contributed by atoms with Crippen LogP contribution in [0, 0.1) is 0 Å². The van der Waals surface area contributed by atoms with Crippen LogP contribution in [0.15, 0.2) is 16.7 Å².